The van der Waals surface area contributed by atoms with Crippen molar-refractivity contribution >= 4 is 28.3 Å². The Balaban J connectivity index is 1.56. The molecule has 1 aromatic carbocycles. The molecule has 21 heavy (non-hydrogen) atoms. The number of rotatable bonds is 2. The fraction of sp³-hybridized carbons (Fsp3) is 0.308. The van der Waals surface area contributed by atoms with Crippen LogP contribution in [0.5, 0.6) is 5.75 Å². The second kappa shape index (κ2) is 5.96. The molecule has 0 bridgehead atoms. The number of benzene rings is 1. The highest BCUT2D eigenvalue weighted by molar-refractivity contribution is 7.10. The molecule has 0 unspecified atom stereocenters. The lowest BCUT2D eigenvalue weighted by Gasteiger charge is -2.35. The van der Waals surface area contributed by atoms with E-state index in [0.717, 1.165) is 30.3 Å². The SMILES string of the molecule is O=C(Nc1cnns1)N1CCN(c2cccc(O)c2)CC1. The Morgan fingerprint density at radius 3 is 2.76 bits per heavy atom. The summed E-state index contributed by atoms with van der Waals surface area (Å²) in [5.41, 5.74) is 0.974. The van der Waals surface area contributed by atoms with Crippen LogP contribution in [0.15, 0.2) is 30.5 Å². The van der Waals surface area contributed by atoms with Gasteiger partial charge in [-0.25, -0.2) is 4.79 Å². The van der Waals surface area contributed by atoms with Gasteiger partial charge in [-0.2, -0.15) is 0 Å². The Morgan fingerprint density at radius 2 is 2.10 bits per heavy atom. The van der Waals surface area contributed by atoms with Gasteiger partial charge in [-0.15, -0.1) is 5.10 Å². The molecule has 0 aliphatic carbocycles. The molecule has 2 N–H and O–H groups in total. The lowest BCUT2D eigenvalue weighted by atomic mass is 10.2. The summed E-state index contributed by atoms with van der Waals surface area (Å²) in [4.78, 5) is 16.0. The molecule has 0 atom stereocenters. The maximum atomic E-state index is 12.1. The molecule has 8 heteroatoms. The van der Waals surface area contributed by atoms with Crippen molar-refractivity contribution in [1.29, 1.82) is 0 Å². The maximum Gasteiger partial charge on any atom is 0.322 e. The Hall–Kier alpha value is -2.35. The molecule has 1 fully saturated rings. The molecule has 1 aliphatic heterocycles. The maximum absolute atomic E-state index is 12.1. The van der Waals surface area contributed by atoms with Crippen LogP contribution < -0.4 is 10.2 Å². The highest BCUT2D eigenvalue weighted by atomic mass is 32.1. The van der Waals surface area contributed by atoms with E-state index < -0.39 is 0 Å². The summed E-state index contributed by atoms with van der Waals surface area (Å²) in [6.07, 6.45) is 1.53. The first-order valence-electron chi connectivity index (χ1n) is 6.59. The molecule has 2 amide bonds. The predicted octanol–water partition coefficient (Wildman–Crippen LogP) is 1.60. The third kappa shape index (κ3) is 3.22. The van der Waals surface area contributed by atoms with Crippen molar-refractivity contribution in [2.24, 2.45) is 0 Å². The van der Waals surface area contributed by atoms with E-state index in [1.165, 1.54) is 6.20 Å². The van der Waals surface area contributed by atoms with Crippen molar-refractivity contribution in [1.82, 2.24) is 14.5 Å². The van der Waals surface area contributed by atoms with Crippen LogP contribution in [0.4, 0.5) is 15.5 Å². The number of anilines is 2. The molecule has 0 saturated carbocycles. The zero-order valence-corrected chi connectivity index (χ0v) is 12.1. The van der Waals surface area contributed by atoms with Crippen molar-refractivity contribution in [3.8, 4) is 5.75 Å². The van der Waals surface area contributed by atoms with E-state index in [9.17, 15) is 9.90 Å². The van der Waals surface area contributed by atoms with Crippen LogP contribution in [0.1, 0.15) is 0 Å². The number of aromatic nitrogens is 2. The minimum absolute atomic E-state index is 0.128. The standard InChI is InChI=1S/C13H15N5O2S/c19-11-3-1-2-10(8-11)17-4-6-18(7-5-17)13(20)15-12-9-14-16-21-12/h1-3,8-9,19H,4-7H2,(H,15,20). The average molecular weight is 305 g/mol. The van der Waals surface area contributed by atoms with Crippen LogP contribution in [0.2, 0.25) is 0 Å². The molecule has 1 saturated heterocycles. The fourth-order valence-corrected chi connectivity index (χ4v) is 2.67. The van der Waals surface area contributed by atoms with Crippen LogP contribution in [-0.4, -0.2) is 51.8 Å². The molecular formula is C13H15N5O2S. The second-order valence-corrected chi connectivity index (χ2v) is 5.49. The topological polar surface area (TPSA) is 81.6 Å². The van der Waals surface area contributed by atoms with E-state index in [1.54, 1.807) is 17.0 Å². The number of phenolic OH excluding ortho intramolecular Hbond substituents is 1. The highest BCUT2D eigenvalue weighted by Gasteiger charge is 2.21. The number of phenols is 1. The number of nitrogens with one attached hydrogen (secondary N) is 1. The van der Waals surface area contributed by atoms with Crippen molar-refractivity contribution in [3.63, 3.8) is 0 Å². The van der Waals surface area contributed by atoms with E-state index in [2.05, 4.69) is 19.8 Å². The van der Waals surface area contributed by atoms with Gasteiger partial charge in [0.05, 0.1) is 6.20 Å². The van der Waals surface area contributed by atoms with E-state index in [-0.39, 0.29) is 11.8 Å². The third-order valence-corrected chi connectivity index (χ3v) is 3.93. The van der Waals surface area contributed by atoms with Gasteiger partial charge >= 0.3 is 6.03 Å². The Bertz CT molecular complexity index is 611. The number of carbonyl (C=O) groups is 1. The van der Waals surface area contributed by atoms with Gasteiger partial charge in [0.2, 0.25) is 0 Å². The zero-order chi connectivity index (χ0) is 14.7. The molecule has 2 aromatic rings. The number of amides is 2. The van der Waals surface area contributed by atoms with Gasteiger partial charge in [-0.05, 0) is 12.1 Å². The molecule has 1 aromatic heterocycles. The number of aromatic hydroxyl groups is 1. The second-order valence-electron chi connectivity index (χ2n) is 4.71. The van der Waals surface area contributed by atoms with E-state index in [0.29, 0.717) is 18.1 Å². The van der Waals surface area contributed by atoms with Crippen molar-refractivity contribution in [2.75, 3.05) is 36.4 Å². The molecule has 0 radical (unpaired) electrons. The third-order valence-electron chi connectivity index (χ3n) is 3.35. The zero-order valence-electron chi connectivity index (χ0n) is 11.3. The normalized spacial score (nSPS) is 15.0. The Kier molecular flexibility index (Phi) is 3.87. The number of hydrogen-bond donors (Lipinski definition) is 2. The summed E-state index contributed by atoms with van der Waals surface area (Å²) in [7, 11) is 0. The van der Waals surface area contributed by atoms with E-state index in [1.807, 2.05) is 12.1 Å². The summed E-state index contributed by atoms with van der Waals surface area (Å²) >= 11 is 1.16. The molecule has 3 rings (SSSR count). The van der Waals surface area contributed by atoms with Gasteiger partial charge in [0.25, 0.3) is 0 Å². The van der Waals surface area contributed by atoms with Crippen molar-refractivity contribution < 1.29 is 9.90 Å². The van der Waals surface area contributed by atoms with Gasteiger partial charge < -0.3 is 14.9 Å². The number of hydrogen-bond acceptors (Lipinski definition) is 6. The van der Waals surface area contributed by atoms with Gasteiger partial charge in [0, 0.05) is 49.5 Å². The van der Waals surface area contributed by atoms with Gasteiger partial charge in [-0.3, -0.25) is 5.32 Å². The monoisotopic (exact) mass is 305 g/mol. The van der Waals surface area contributed by atoms with Gasteiger partial charge in [-0.1, -0.05) is 10.6 Å². The smallest absolute Gasteiger partial charge is 0.322 e. The lowest BCUT2D eigenvalue weighted by Crippen LogP contribution is -2.50. The van der Waals surface area contributed by atoms with Crippen LogP contribution in [0, 0.1) is 0 Å². The largest absolute Gasteiger partial charge is 0.508 e. The quantitative estimate of drug-likeness (QED) is 0.880. The molecular weight excluding hydrogens is 290 g/mol. The minimum atomic E-state index is -0.128. The van der Waals surface area contributed by atoms with E-state index in [4.69, 9.17) is 0 Å². The predicted molar refractivity (Wildman–Crippen MR) is 80.8 cm³/mol. The van der Waals surface area contributed by atoms with Crippen molar-refractivity contribution in [3.05, 3.63) is 30.5 Å². The van der Waals surface area contributed by atoms with Crippen LogP contribution >= 0.6 is 11.5 Å². The van der Waals surface area contributed by atoms with Crippen LogP contribution in [0.25, 0.3) is 0 Å². The number of nitrogens with zero attached hydrogens (tertiary/aromatic N) is 4. The number of piperazine rings is 1. The Morgan fingerprint density at radius 1 is 1.29 bits per heavy atom. The number of carbonyl (C=O) groups excluding carboxylic acids is 1. The highest BCUT2D eigenvalue weighted by Crippen LogP contribution is 2.21. The first kappa shape index (κ1) is 13.6. The summed E-state index contributed by atoms with van der Waals surface area (Å²) in [5.74, 6) is 0.255. The van der Waals surface area contributed by atoms with Crippen molar-refractivity contribution in [2.45, 2.75) is 0 Å². The fourth-order valence-electron chi connectivity index (χ4n) is 2.26. The Labute approximate surface area is 126 Å². The molecule has 7 nitrogen and oxygen atoms in total. The minimum Gasteiger partial charge on any atom is -0.508 e. The van der Waals surface area contributed by atoms with E-state index >= 15 is 0 Å². The number of urea groups is 1. The van der Waals surface area contributed by atoms with Crippen LogP contribution in [0.3, 0.4) is 0 Å². The van der Waals surface area contributed by atoms with Gasteiger partial charge in [0.15, 0.2) is 0 Å². The molecule has 110 valence electrons. The molecule has 0 spiro atoms. The first-order chi connectivity index (χ1) is 10.2. The first-order valence-corrected chi connectivity index (χ1v) is 7.37. The molecule has 2 heterocycles. The average Bonchev–Trinajstić information content (AvgIpc) is 3.00. The van der Waals surface area contributed by atoms with Gasteiger partial charge in [0.1, 0.15) is 10.8 Å². The summed E-state index contributed by atoms with van der Waals surface area (Å²) < 4.78 is 3.71. The summed E-state index contributed by atoms with van der Waals surface area (Å²) in [6, 6.07) is 7.03. The summed E-state index contributed by atoms with van der Waals surface area (Å²) in [5, 5.41) is 16.6. The lowest BCUT2D eigenvalue weighted by molar-refractivity contribution is 0.208. The van der Waals surface area contributed by atoms with Crippen LogP contribution in [-0.2, 0) is 0 Å². The summed E-state index contributed by atoms with van der Waals surface area (Å²) in [6.45, 7) is 2.73. The molecule has 1 aliphatic rings.